The molecule has 0 heterocycles. The maximum Gasteiger partial charge on any atom is 0.126 e. The second-order valence-corrected chi connectivity index (χ2v) is 8.63. The average Bonchev–Trinajstić information content (AvgIpc) is 2.84. The molecule has 6 N–H and O–H groups in total. The Morgan fingerprint density at radius 2 is 0.939 bits per heavy atom. The molecule has 0 aromatic heterocycles. The fourth-order valence-corrected chi connectivity index (χ4v) is 4.29. The Morgan fingerprint density at radius 3 is 1.30 bits per heavy atom. The van der Waals surface area contributed by atoms with Crippen molar-refractivity contribution in [2.75, 3.05) is 6.61 Å². The van der Waals surface area contributed by atoms with Gasteiger partial charge in [0.2, 0.25) is 0 Å². The molecule has 3 aromatic rings. The highest BCUT2D eigenvalue weighted by Crippen LogP contribution is 2.37. The van der Waals surface area contributed by atoms with Gasteiger partial charge in [-0.3, -0.25) is 0 Å². The molecule has 3 aromatic carbocycles. The molecule has 0 saturated carbocycles. The van der Waals surface area contributed by atoms with Crippen LogP contribution in [0.3, 0.4) is 0 Å². The van der Waals surface area contributed by atoms with Crippen LogP contribution in [0.15, 0.2) is 91.0 Å². The summed E-state index contributed by atoms with van der Waals surface area (Å²) < 4.78 is 0. The first-order valence-corrected chi connectivity index (χ1v) is 11.0. The molecule has 4 atom stereocenters. The molecule has 6 heteroatoms. The lowest BCUT2D eigenvalue weighted by Crippen LogP contribution is -2.68. The summed E-state index contributed by atoms with van der Waals surface area (Å²) in [4.78, 5) is 0. The van der Waals surface area contributed by atoms with E-state index in [1.807, 2.05) is 66.7 Å². The quantitative estimate of drug-likeness (QED) is 0.260. The SMILES string of the molecule is OC[C@@H](O)[C@@H](O)[C@H](O)[C@](O)(Cc1ccccc1)C(O)(Cc1ccccc1)Cc1ccccc1. The number of aliphatic hydroxyl groups is 6. The minimum Gasteiger partial charge on any atom is -0.394 e. The number of aliphatic hydroxyl groups excluding tert-OH is 4. The molecule has 0 unspecified atom stereocenters. The van der Waals surface area contributed by atoms with Crippen molar-refractivity contribution in [3.63, 3.8) is 0 Å². The molecule has 0 amide bonds. The van der Waals surface area contributed by atoms with Gasteiger partial charge >= 0.3 is 0 Å². The monoisotopic (exact) mass is 452 g/mol. The summed E-state index contributed by atoms with van der Waals surface area (Å²) >= 11 is 0. The molecule has 0 aliphatic carbocycles. The Balaban J connectivity index is 2.12. The summed E-state index contributed by atoms with van der Waals surface area (Å²) in [7, 11) is 0. The molecule has 0 aliphatic rings. The van der Waals surface area contributed by atoms with E-state index in [9.17, 15) is 30.6 Å². The Labute approximate surface area is 194 Å². The zero-order chi connectivity index (χ0) is 23.9. The van der Waals surface area contributed by atoms with Gasteiger partial charge in [-0.15, -0.1) is 0 Å². The van der Waals surface area contributed by atoms with E-state index in [1.165, 1.54) is 0 Å². The standard InChI is InChI=1S/C27H32O6/c28-19-23(29)24(30)25(31)27(33,18-22-14-8-3-9-15-22)26(32,16-20-10-4-1-5-11-20)17-21-12-6-2-7-13-21/h1-15,23-25,28-33H,16-19H2/t23-,24-,25+,27-/m1/s1. The number of rotatable bonds is 11. The molecule has 0 radical (unpaired) electrons. The normalized spacial score (nSPS) is 16.5. The second-order valence-electron chi connectivity index (χ2n) is 8.63. The van der Waals surface area contributed by atoms with Gasteiger partial charge < -0.3 is 30.6 Å². The van der Waals surface area contributed by atoms with Crippen molar-refractivity contribution < 1.29 is 30.6 Å². The van der Waals surface area contributed by atoms with Crippen molar-refractivity contribution in [3.05, 3.63) is 108 Å². The first-order chi connectivity index (χ1) is 15.8. The lowest BCUT2D eigenvalue weighted by molar-refractivity contribution is -0.234. The van der Waals surface area contributed by atoms with Crippen molar-refractivity contribution in [1.82, 2.24) is 0 Å². The lowest BCUT2D eigenvalue weighted by Gasteiger charge is -2.48. The van der Waals surface area contributed by atoms with Gasteiger partial charge in [0.15, 0.2) is 0 Å². The minimum atomic E-state index is -2.28. The van der Waals surface area contributed by atoms with Crippen LogP contribution >= 0.6 is 0 Å². The van der Waals surface area contributed by atoms with Crippen molar-refractivity contribution in [2.45, 2.75) is 48.8 Å². The van der Waals surface area contributed by atoms with Gasteiger partial charge in [0, 0.05) is 19.3 Å². The van der Waals surface area contributed by atoms with Crippen LogP contribution in [-0.4, -0.2) is 66.8 Å². The summed E-state index contributed by atoms with van der Waals surface area (Å²) in [6.07, 6.45) is -5.78. The van der Waals surface area contributed by atoms with Gasteiger partial charge in [-0.1, -0.05) is 91.0 Å². The summed E-state index contributed by atoms with van der Waals surface area (Å²) in [6, 6.07) is 27.0. The number of benzene rings is 3. The van der Waals surface area contributed by atoms with Crippen LogP contribution in [0.4, 0.5) is 0 Å². The van der Waals surface area contributed by atoms with Crippen molar-refractivity contribution in [2.24, 2.45) is 0 Å². The second kappa shape index (κ2) is 11.0. The van der Waals surface area contributed by atoms with E-state index in [-0.39, 0.29) is 19.3 Å². The number of hydrogen-bond donors (Lipinski definition) is 6. The van der Waals surface area contributed by atoms with Crippen LogP contribution in [0.25, 0.3) is 0 Å². The molecular weight excluding hydrogens is 420 g/mol. The first-order valence-electron chi connectivity index (χ1n) is 11.0. The van der Waals surface area contributed by atoms with E-state index in [0.29, 0.717) is 5.56 Å². The van der Waals surface area contributed by atoms with E-state index >= 15 is 0 Å². The fraction of sp³-hybridized carbons (Fsp3) is 0.333. The van der Waals surface area contributed by atoms with Gasteiger partial charge in [0.05, 0.1) is 6.61 Å². The highest BCUT2D eigenvalue weighted by Gasteiger charge is 2.56. The predicted octanol–water partition coefficient (Wildman–Crippen LogP) is 1.25. The summed E-state index contributed by atoms with van der Waals surface area (Å²) in [5.41, 5.74) is -2.14. The maximum atomic E-state index is 12.1. The predicted molar refractivity (Wildman–Crippen MR) is 125 cm³/mol. The molecule has 6 nitrogen and oxygen atoms in total. The molecule has 33 heavy (non-hydrogen) atoms. The summed E-state index contributed by atoms with van der Waals surface area (Å²) in [5.74, 6) is 0. The summed E-state index contributed by atoms with van der Waals surface area (Å²) in [5, 5.41) is 65.2. The average molecular weight is 453 g/mol. The van der Waals surface area contributed by atoms with Gasteiger partial charge in [-0.2, -0.15) is 0 Å². The van der Waals surface area contributed by atoms with E-state index in [0.717, 1.165) is 11.1 Å². The largest absolute Gasteiger partial charge is 0.394 e. The highest BCUT2D eigenvalue weighted by atomic mass is 16.4. The Morgan fingerprint density at radius 1 is 0.576 bits per heavy atom. The molecule has 3 rings (SSSR count). The van der Waals surface area contributed by atoms with E-state index in [1.54, 1.807) is 24.3 Å². The van der Waals surface area contributed by atoms with Crippen molar-refractivity contribution in [1.29, 1.82) is 0 Å². The van der Waals surface area contributed by atoms with Gasteiger partial charge in [0.25, 0.3) is 0 Å². The third kappa shape index (κ3) is 5.86. The third-order valence-electron chi connectivity index (χ3n) is 6.20. The smallest absolute Gasteiger partial charge is 0.126 e. The lowest BCUT2D eigenvalue weighted by atomic mass is 9.67. The minimum absolute atomic E-state index is 0.0227. The van der Waals surface area contributed by atoms with Crippen molar-refractivity contribution in [3.8, 4) is 0 Å². The van der Waals surface area contributed by atoms with Crippen LogP contribution in [0.1, 0.15) is 16.7 Å². The molecule has 0 aliphatic heterocycles. The van der Waals surface area contributed by atoms with Crippen LogP contribution in [-0.2, 0) is 19.3 Å². The zero-order valence-corrected chi connectivity index (χ0v) is 18.4. The third-order valence-corrected chi connectivity index (χ3v) is 6.20. The highest BCUT2D eigenvalue weighted by molar-refractivity contribution is 5.28. The molecule has 0 saturated heterocycles. The van der Waals surface area contributed by atoms with Crippen LogP contribution in [0.2, 0.25) is 0 Å². The number of hydrogen-bond acceptors (Lipinski definition) is 6. The van der Waals surface area contributed by atoms with E-state index in [2.05, 4.69) is 0 Å². The van der Waals surface area contributed by atoms with E-state index in [4.69, 9.17) is 0 Å². The van der Waals surface area contributed by atoms with Crippen LogP contribution < -0.4 is 0 Å². The van der Waals surface area contributed by atoms with E-state index < -0.39 is 36.1 Å². The van der Waals surface area contributed by atoms with Crippen LogP contribution in [0, 0.1) is 0 Å². The Kier molecular flexibility index (Phi) is 8.37. The zero-order valence-electron chi connectivity index (χ0n) is 18.4. The first kappa shape index (κ1) is 25.1. The Hall–Kier alpha value is -2.58. The van der Waals surface area contributed by atoms with Gasteiger partial charge in [-0.05, 0) is 16.7 Å². The molecule has 0 fully saturated rings. The maximum absolute atomic E-state index is 12.1. The molecule has 0 bridgehead atoms. The molecular formula is C27H32O6. The van der Waals surface area contributed by atoms with Gasteiger partial charge in [-0.25, -0.2) is 0 Å². The topological polar surface area (TPSA) is 121 Å². The fourth-order valence-electron chi connectivity index (χ4n) is 4.29. The van der Waals surface area contributed by atoms with Crippen LogP contribution in [0.5, 0.6) is 0 Å². The molecule has 0 spiro atoms. The molecule has 176 valence electrons. The van der Waals surface area contributed by atoms with Gasteiger partial charge in [0.1, 0.15) is 29.5 Å². The summed E-state index contributed by atoms with van der Waals surface area (Å²) in [6.45, 7) is -0.810. The Bertz CT molecular complexity index is 924. The van der Waals surface area contributed by atoms with Crippen molar-refractivity contribution >= 4 is 0 Å².